The molecule has 0 heterocycles. The van der Waals surface area contributed by atoms with Crippen LogP contribution in [-0.2, 0) is 65.4 Å². The number of hydrogen-bond donors (Lipinski definition) is 3. The van der Waals surface area contributed by atoms with Crippen LogP contribution in [0.15, 0.2) is 0 Å². The number of ether oxygens (including phenoxy) is 4. The molecule has 0 bridgehead atoms. The number of unbranched alkanes of at least 4 members (excludes halogenated alkanes) is 34. The third-order valence-corrected chi connectivity index (χ3v) is 18.8. The Kier molecular flexibility index (Phi) is 59.6. The Morgan fingerprint density at radius 1 is 0.326 bits per heavy atom. The summed E-state index contributed by atoms with van der Waals surface area (Å²) >= 11 is 0. The van der Waals surface area contributed by atoms with E-state index in [0.29, 0.717) is 25.7 Å². The molecule has 0 aliphatic carbocycles. The van der Waals surface area contributed by atoms with Crippen LogP contribution < -0.4 is 0 Å². The van der Waals surface area contributed by atoms with E-state index in [-0.39, 0.29) is 25.7 Å². The van der Waals surface area contributed by atoms with Crippen LogP contribution in [0.25, 0.3) is 0 Å². The fourth-order valence-corrected chi connectivity index (χ4v) is 12.1. The largest absolute Gasteiger partial charge is 0.472 e. The summed E-state index contributed by atoms with van der Waals surface area (Å²) in [7, 11) is -9.90. The molecule has 0 aromatic heterocycles. The molecule has 0 fully saturated rings. The highest BCUT2D eigenvalue weighted by Gasteiger charge is 2.30. The summed E-state index contributed by atoms with van der Waals surface area (Å²) in [6.45, 7) is 11.9. The monoisotopic (exact) mass is 1310 g/mol. The Morgan fingerprint density at radius 3 is 0.854 bits per heavy atom. The van der Waals surface area contributed by atoms with Crippen molar-refractivity contribution in [1.29, 1.82) is 0 Å². The average molecular weight is 1310 g/mol. The first-order valence-electron chi connectivity index (χ1n) is 36.4. The Morgan fingerprint density at radius 2 is 0.573 bits per heavy atom. The van der Waals surface area contributed by atoms with Crippen molar-refractivity contribution in [1.82, 2.24) is 0 Å². The zero-order valence-corrected chi connectivity index (χ0v) is 59.7. The average Bonchev–Trinajstić information content (AvgIpc) is 3.63. The Bertz CT molecular complexity index is 1750. The first-order valence-corrected chi connectivity index (χ1v) is 39.4. The van der Waals surface area contributed by atoms with Crippen LogP contribution in [0, 0.1) is 17.8 Å². The quantitative estimate of drug-likeness (QED) is 0.0222. The standard InChI is InChI=1S/C70H136O17P2/c1-8-11-12-13-14-30-37-44-51-67(72)80-57-65(87-70(75)54-47-40-33-26-25-29-36-43-50-63(7)10-3)59-84-88(76,77)82-55-64(71)56-83-89(78,79)85-60-66(58-81-68(73)52-45-38-31-23-20-19-22-28-35-42-49-62(6)9-2)86-69(74)53-46-39-32-24-18-16-15-17-21-27-34-41-48-61(4)5/h61-66,71H,8-60H2,1-7H3,(H,76,77)(H,78,79)/t62?,63?,64-,65+,66+/m0/s1. The number of hydrogen-bond acceptors (Lipinski definition) is 15. The van der Waals surface area contributed by atoms with E-state index in [2.05, 4.69) is 48.5 Å². The lowest BCUT2D eigenvalue weighted by atomic mass is 9.99. The summed E-state index contributed by atoms with van der Waals surface area (Å²) < 4.78 is 68.2. The molecule has 89 heavy (non-hydrogen) atoms. The van der Waals surface area contributed by atoms with Gasteiger partial charge in [0.25, 0.3) is 0 Å². The van der Waals surface area contributed by atoms with Crippen molar-refractivity contribution in [3.8, 4) is 0 Å². The van der Waals surface area contributed by atoms with E-state index < -0.39 is 97.5 Å². The maximum Gasteiger partial charge on any atom is 0.472 e. The van der Waals surface area contributed by atoms with Crippen molar-refractivity contribution in [2.75, 3.05) is 39.6 Å². The van der Waals surface area contributed by atoms with Crippen LogP contribution in [0.1, 0.15) is 350 Å². The van der Waals surface area contributed by atoms with Gasteiger partial charge in [-0.15, -0.1) is 0 Å². The van der Waals surface area contributed by atoms with E-state index in [4.69, 9.17) is 37.0 Å². The second-order valence-electron chi connectivity index (χ2n) is 26.2. The van der Waals surface area contributed by atoms with Crippen molar-refractivity contribution in [3.63, 3.8) is 0 Å². The molecule has 0 spiro atoms. The second kappa shape index (κ2) is 61.0. The minimum Gasteiger partial charge on any atom is -0.462 e. The smallest absolute Gasteiger partial charge is 0.462 e. The van der Waals surface area contributed by atoms with Gasteiger partial charge in [0.15, 0.2) is 12.2 Å². The molecule has 0 aliphatic heterocycles. The predicted molar refractivity (Wildman–Crippen MR) is 358 cm³/mol. The molecule has 7 atom stereocenters. The van der Waals surface area contributed by atoms with E-state index >= 15 is 0 Å². The van der Waals surface area contributed by atoms with Crippen molar-refractivity contribution in [3.05, 3.63) is 0 Å². The summed E-state index contributed by atoms with van der Waals surface area (Å²) in [6.07, 6.45) is 44.3. The van der Waals surface area contributed by atoms with Crippen molar-refractivity contribution in [2.24, 2.45) is 17.8 Å². The predicted octanol–water partition coefficient (Wildman–Crippen LogP) is 19.8. The Balaban J connectivity index is 5.25. The van der Waals surface area contributed by atoms with Crippen molar-refractivity contribution in [2.45, 2.75) is 369 Å². The van der Waals surface area contributed by atoms with Crippen molar-refractivity contribution < 1.29 is 80.2 Å². The first kappa shape index (κ1) is 87.1. The molecule has 0 radical (unpaired) electrons. The second-order valence-corrected chi connectivity index (χ2v) is 29.1. The third-order valence-electron chi connectivity index (χ3n) is 16.9. The lowest BCUT2D eigenvalue weighted by Crippen LogP contribution is -2.30. The maximum absolute atomic E-state index is 13.0. The van der Waals surface area contributed by atoms with E-state index in [0.717, 1.165) is 114 Å². The highest BCUT2D eigenvalue weighted by Crippen LogP contribution is 2.45. The lowest BCUT2D eigenvalue weighted by molar-refractivity contribution is -0.161. The van der Waals surface area contributed by atoms with Gasteiger partial charge in [0, 0.05) is 25.7 Å². The van der Waals surface area contributed by atoms with Crippen LogP contribution >= 0.6 is 15.6 Å². The van der Waals surface area contributed by atoms with Gasteiger partial charge in [0.1, 0.15) is 19.3 Å². The van der Waals surface area contributed by atoms with E-state index in [1.54, 1.807) is 0 Å². The van der Waals surface area contributed by atoms with Gasteiger partial charge < -0.3 is 33.8 Å². The van der Waals surface area contributed by atoms with Gasteiger partial charge in [-0.25, -0.2) is 9.13 Å². The fraction of sp³-hybridized carbons (Fsp3) is 0.943. The molecule has 0 aromatic rings. The van der Waals surface area contributed by atoms with Gasteiger partial charge in [0.05, 0.1) is 26.4 Å². The van der Waals surface area contributed by atoms with Crippen LogP contribution in [0.3, 0.4) is 0 Å². The van der Waals surface area contributed by atoms with Gasteiger partial charge >= 0.3 is 39.5 Å². The topological polar surface area (TPSA) is 237 Å². The molecule has 0 saturated heterocycles. The van der Waals surface area contributed by atoms with Gasteiger partial charge in [0.2, 0.25) is 0 Å². The maximum atomic E-state index is 13.0. The van der Waals surface area contributed by atoms with E-state index in [1.807, 2.05) is 0 Å². The van der Waals surface area contributed by atoms with Crippen molar-refractivity contribution >= 4 is 39.5 Å². The number of carbonyl (C=O) groups excluding carboxylic acids is 4. The van der Waals surface area contributed by atoms with Gasteiger partial charge in [-0.3, -0.25) is 37.3 Å². The molecule has 0 saturated carbocycles. The number of aliphatic hydroxyl groups is 1. The summed E-state index contributed by atoms with van der Waals surface area (Å²) in [6, 6.07) is 0. The zero-order chi connectivity index (χ0) is 65.9. The number of esters is 4. The number of carbonyl (C=O) groups is 4. The molecule has 4 unspecified atom stereocenters. The van der Waals surface area contributed by atoms with E-state index in [9.17, 15) is 43.2 Å². The molecule has 0 amide bonds. The highest BCUT2D eigenvalue weighted by molar-refractivity contribution is 7.47. The minimum absolute atomic E-state index is 0.104. The molecule has 3 N–H and O–H groups in total. The highest BCUT2D eigenvalue weighted by atomic mass is 31.2. The molecule has 0 rings (SSSR count). The zero-order valence-electron chi connectivity index (χ0n) is 57.9. The fourth-order valence-electron chi connectivity index (χ4n) is 10.5. The molecular weight excluding hydrogens is 1170 g/mol. The number of aliphatic hydroxyl groups excluding tert-OH is 1. The summed E-state index contributed by atoms with van der Waals surface area (Å²) in [4.78, 5) is 72.5. The van der Waals surface area contributed by atoms with Gasteiger partial charge in [-0.05, 0) is 43.4 Å². The lowest BCUT2D eigenvalue weighted by Gasteiger charge is -2.21. The molecule has 17 nitrogen and oxygen atoms in total. The van der Waals surface area contributed by atoms with Gasteiger partial charge in [-0.1, -0.05) is 299 Å². The van der Waals surface area contributed by atoms with Crippen LogP contribution in [0.5, 0.6) is 0 Å². The first-order chi connectivity index (χ1) is 42.8. The normalized spacial score (nSPS) is 14.8. The van der Waals surface area contributed by atoms with Gasteiger partial charge in [-0.2, -0.15) is 0 Å². The minimum atomic E-state index is -4.95. The number of rotatable bonds is 68. The SMILES string of the molecule is CCCCCCCCCCC(=O)OC[C@H](COP(=O)(O)OC[C@H](O)COP(=O)(O)OC[C@@H](COC(=O)CCCCCCCCCCCCC(C)CC)OC(=O)CCCCCCCCCCCCCCC(C)C)OC(=O)CCCCCCCCCCC(C)CC. The molecule has 528 valence electrons. The Hall–Kier alpha value is -1.94. The van der Waals surface area contributed by atoms with Crippen LogP contribution in [0.4, 0.5) is 0 Å². The Labute approximate surface area is 543 Å². The third kappa shape index (κ3) is 62.0. The number of phosphoric acid groups is 2. The molecule has 19 heteroatoms. The summed E-state index contributed by atoms with van der Waals surface area (Å²) in [5, 5.41) is 10.6. The summed E-state index contributed by atoms with van der Waals surface area (Å²) in [5.41, 5.74) is 0. The van der Waals surface area contributed by atoms with E-state index in [1.165, 1.54) is 154 Å². The van der Waals surface area contributed by atoms with Crippen LogP contribution in [0.2, 0.25) is 0 Å². The van der Waals surface area contributed by atoms with Crippen LogP contribution in [-0.4, -0.2) is 96.7 Å². The summed E-state index contributed by atoms with van der Waals surface area (Å²) in [5.74, 6) is 0.227. The molecule has 0 aromatic carbocycles. The molecular formula is C70H136O17P2. The molecule has 0 aliphatic rings. The number of phosphoric ester groups is 2.